The van der Waals surface area contributed by atoms with Crippen molar-refractivity contribution in [3.63, 3.8) is 0 Å². The Balaban J connectivity index is 1.58. The first-order valence-corrected chi connectivity index (χ1v) is 10.2. The maximum absolute atomic E-state index is 12.5. The normalized spacial score (nSPS) is 10.9. The molecule has 8 nitrogen and oxygen atoms in total. The Labute approximate surface area is 188 Å². The second-order valence-electron chi connectivity index (χ2n) is 7.37. The van der Waals surface area contributed by atoms with Crippen LogP contribution in [0.4, 0.5) is 0 Å². The fourth-order valence-corrected chi connectivity index (χ4v) is 3.68. The van der Waals surface area contributed by atoms with Gasteiger partial charge in [-0.3, -0.25) is 0 Å². The van der Waals surface area contributed by atoms with Crippen LogP contribution in [-0.4, -0.2) is 31.8 Å². The van der Waals surface area contributed by atoms with E-state index >= 15 is 0 Å². The molecule has 0 saturated heterocycles. The second-order valence-corrected chi connectivity index (χ2v) is 7.37. The zero-order valence-electron chi connectivity index (χ0n) is 17.7. The van der Waals surface area contributed by atoms with Crippen LogP contribution >= 0.6 is 0 Å². The molecule has 0 atom stereocenters. The Morgan fingerprint density at radius 2 is 1.73 bits per heavy atom. The van der Waals surface area contributed by atoms with Gasteiger partial charge in [-0.05, 0) is 47.5 Å². The Hall–Kier alpha value is -4.59. The minimum atomic E-state index is -0.424. The van der Waals surface area contributed by atoms with Crippen LogP contribution in [0.25, 0.3) is 28.2 Å². The van der Waals surface area contributed by atoms with E-state index in [9.17, 15) is 9.90 Å². The first-order valence-electron chi connectivity index (χ1n) is 10.2. The number of methoxy groups -OCH3 is 1. The summed E-state index contributed by atoms with van der Waals surface area (Å²) < 4.78 is 12.5. The molecule has 0 unspecified atom stereocenters. The number of hydrogen-bond acceptors (Lipinski definition) is 6. The van der Waals surface area contributed by atoms with Crippen LogP contribution in [0.2, 0.25) is 0 Å². The summed E-state index contributed by atoms with van der Waals surface area (Å²) in [6.07, 6.45) is 1.59. The zero-order chi connectivity index (χ0) is 22.8. The van der Waals surface area contributed by atoms with Crippen molar-refractivity contribution in [1.82, 2.24) is 19.6 Å². The maximum Gasteiger partial charge on any atom is 0.349 e. The van der Waals surface area contributed by atoms with E-state index in [0.29, 0.717) is 34.9 Å². The predicted octanol–water partition coefficient (Wildman–Crippen LogP) is 4.04. The summed E-state index contributed by atoms with van der Waals surface area (Å²) in [4.78, 5) is 16.8. The van der Waals surface area contributed by atoms with Crippen molar-refractivity contribution in [2.24, 2.45) is 0 Å². The molecule has 0 aliphatic heterocycles. The molecule has 5 rings (SSSR count). The van der Waals surface area contributed by atoms with E-state index in [1.807, 2.05) is 42.5 Å². The molecule has 2 aromatic heterocycles. The SMILES string of the molecule is COc1ccc(-c2c(-c3ccc(OCc4ccccc4)cc3O)cnc3n[nH]c(=O)n23)cc1. The molecule has 164 valence electrons. The van der Waals surface area contributed by atoms with Crippen molar-refractivity contribution in [2.75, 3.05) is 7.11 Å². The molecule has 33 heavy (non-hydrogen) atoms. The van der Waals surface area contributed by atoms with E-state index in [1.54, 1.807) is 43.6 Å². The number of nitrogens with one attached hydrogen (secondary N) is 1. The van der Waals surface area contributed by atoms with E-state index in [4.69, 9.17) is 9.47 Å². The highest BCUT2D eigenvalue weighted by atomic mass is 16.5. The lowest BCUT2D eigenvalue weighted by molar-refractivity contribution is 0.304. The van der Waals surface area contributed by atoms with Gasteiger partial charge in [0, 0.05) is 23.4 Å². The van der Waals surface area contributed by atoms with Gasteiger partial charge in [-0.15, -0.1) is 5.10 Å². The van der Waals surface area contributed by atoms with Gasteiger partial charge in [0.15, 0.2) is 0 Å². The third-order valence-electron chi connectivity index (χ3n) is 5.31. The standard InChI is InChI=1S/C25H20N4O4/c1-32-18-9-7-17(8-10-18)23-21(14-26-24-27-28-25(31)29(23)24)20-12-11-19(13-22(20)30)33-15-16-5-3-2-4-6-16/h2-14,30H,15H2,1H3,(H,28,31). The van der Waals surface area contributed by atoms with Crippen molar-refractivity contribution in [3.05, 3.63) is 95.0 Å². The van der Waals surface area contributed by atoms with Crippen LogP contribution in [0, 0.1) is 0 Å². The number of H-pyrrole nitrogens is 1. The van der Waals surface area contributed by atoms with Crippen LogP contribution in [0.3, 0.4) is 0 Å². The summed E-state index contributed by atoms with van der Waals surface area (Å²) in [5.41, 5.74) is 2.98. The highest BCUT2D eigenvalue weighted by molar-refractivity contribution is 5.85. The number of hydrogen-bond donors (Lipinski definition) is 2. The van der Waals surface area contributed by atoms with E-state index in [2.05, 4.69) is 15.2 Å². The van der Waals surface area contributed by atoms with E-state index in [1.165, 1.54) is 4.40 Å². The van der Waals surface area contributed by atoms with Gasteiger partial charge in [0.1, 0.15) is 23.9 Å². The molecule has 3 aromatic carbocycles. The number of aromatic hydroxyl groups is 1. The first-order chi connectivity index (χ1) is 16.1. The first kappa shape index (κ1) is 20.3. The molecule has 0 saturated carbocycles. The van der Waals surface area contributed by atoms with E-state index in [0.717, 1.165) is 11.1 Å². The lowest BCUT2D eigenvalue weighted by atomic mass is 9.99. The Morgan fingerprint density at radius 3 is 2.45 bits per heavy atom. The van der Waals surface area contributed by atoms with Crippen molar-refractivity contribution in [3.8, 4) is 39.6 Å². The highest BCUT2D eigenvalue weighted by Gasteiger charge is 2.18. The molecule has 0 fully saturated rings. The lowest BCUT2D eigenvalue weighted by Gasteiger charge is -2.14. The van der Waals surface area contributed by atoms with E-state index in [-0.39, 0.29) is 11.5 Å². The van der Waals surface area contributed by atoms with E-state index < -0.39 is 5.69 Å². The third-order valence-corrected chi connectivity index (χ3v) is 5.31. The number of nitrogens with zero attached hydrogens (tertiary/aromatic N) is 3. The van der Waals surface area contributed by atoms with Gasteiger partial charge in [0.2, 0.25) is 0 Å². The van der Waals surface area contributed by atoms with Gasteiger partial charge < -0.3 is 14.6 Å². The number of benzene rings is 3. The number of phenolic OH excluding ortho intramolecular Hbond substituents is 1. The number of aromatic amines is 1. The van der Waals surface area contributed by atoms with Crippen LogP contribution in [0.1, 0.15) is 5.56 Å². The summed E-state index contributed by atoms with van der Waals surface area (Å²) in [6, 6.07) is 22.1. The largest absolute Gasteiger partial charge is 0.507 e. The molecule has 2 heterocycles. The zero-order valence-corrected chi connectivity index (χ0v) is 17.7. The summed E-state index contributed by atoms with van der Waals surface area (Å²) >= 11 is 0. The van der Waals surface area contributed by atoms with Crippen molar-refractivity contribution in [1.29, 1.82) is 0 Å². The summed E-state index contributed by atoms with van der Waals surface area (Å²) in [6.45, 7) is 0.384. The molecule has 0 amide bonds. The minimum Gasteiger partial charge on any atom is -0.507 e. The third kappa shape index (κ3) is 3.89. The molecule has 8 heteroatoms. The van der Waals surface area contributed by atoms with Gasteiger partial charge in [-0.2, -0.15) is 0 Å². The number of phenols is 1. The fraction of sp³-hybridized carbons (Fsp3) is 0.0800. The molecule has 0 aliphatic rings. The minimum absolute atomic E-state index is 0.00742. The average Bonchev–Trinajstić information content (AvgIpc) is 3.24. The summed E-state index contributed by atoms with van der Waals surface area (Å²) in [7, 11) is 1.59. The van der Waals surface area contributed by atoms with Crippen molar-refractivity contribution < 1.29 is 14.6 Å². The summed E-state index contributed by atoms with van der Waals surface area (Å²) in [5.74, 6) is 1.46. The van der Waals surface area contributed by atoms with Gasteiger partial charge in [0.25, 0.3) is 5.78 Å². The maximum atomic E-state index is 12.5. The van der Waals surface area contributed by atoms with Crippen LogP contribution in [0.5, 0.6) is 17.2 Å². The second kappa shape index (κ2) is 8.51. The number of ether oxygens (including phenoxy) is 2. The molecule has 5 aromatic rings. The Morgan fingerprint density at radius 1 is 0.970 bits per heavy atom. The predicted molar refractivity (Wildman–Crippen MR) is 123 cm³/mol. The van der Waals surface area contributed by atoms with Crippen LogP contribution in [-0.2, 0) is 6.61 Å². The molecule has 0 bridgehead atoms. The lowest BCUT2D eigenvalue weighted by Crippen LogP contribution is -2.13. The quantitative estimate of drug-likeness (QED) is 0.413. The number of rotatable bonds is 6. The van der Waals surface area contributed by atoms with Crippen molar-refractivity contribution in [2.45, 2.75) is 6.61 Å². The fourth-order valence-electron chi connectivity index (χ4n) is 3.68. The van der Waals surface area contributed by atoms with Gasteiger partial charge >= 0.3 is 5.69 Å². The Bertz CT molecular complexity index is 1470. The molecular formula is C25H20N4O4. The smallest absolute Gasteiger partial charge is 0.349 e. The van der Waals surface area contributed by atoms with Gasteiger partial charge in [0.05, 0.1) is 12.8 Å². The number of aromatic nitrogens is 4. The summed E-state index contributed by atoms with van der Waals surface area (Å²) in [5, 5.41) is 17.3. The van der Waals surface area contributed by atoms with Gasteiger partial charge in [-0.25, -0.2) is 19.3 Å². The number of fused-ring (bicyclic) bond motifs is 1. The topological polar surface area (TPSA) is 102 Å². The Kier molecular flexibility index (Phi) is 5.24. The molecule has 2 N–H and O–H groups in total. The highest BCUT2D eigenvalue weighted by Crippen LogP contribution is 2.38. The van der Waals surface area contributed by atoms with Gasteiger partial charge in [-0.1, -0.05) is 30.3 Å². The molecule has 0 radical (unpaired) electrons. The molecular weight excluding hydrogens is 420 g/mol. The average molecular weight is 440 g/mol. The molecule has 0 aliphatic carbocycles. The van der Waals surface area contributed by atoms with Crippen LogP contribution < -0.4 is 15.2 Å². The van der Waals surface area contributed by atoms with Crippen LogP contribution in [0.15, 0.2) is 83.8 Å². The monoisotopic (exact) mass is 440 g/mol. The van der Waals surface area contributed by atoms with Crippen molar-refractivity contribution >= 4 is 5.78 Å². The molecule has 0 spiro atoms.